The van der Waals surface area contributed by atoms with Gasteiger partial charge in [0, 0.05) is 0 Å². The van der Waals surface area contributed by atoms with E-state index in [1.165, 1.54) is 0 Å². The zero-order valence-electron chi connectivity index (χ0n) is 11.0. The minimum absolute atomic E-state index is 0.0204. The fraction of sp³-hybridized carbons (Fsp3) is 0.200. The van der Waals surface area contributed by atoms with Crippen LogP contribution in [0.3, 0.4) is 0 Å². The Bertz CT molecular complexity index is 598. The smallest absolute Gasteiger partial charge is 0.169 e. The van der Waals surface area contributed by atoms with Gasteiger partial charge in [-0.1, -0.05) is 12.1 Å². The highest BCUT2D eigenvalue weighted by Crippen LogP contribution is 2.36. The van der Waals surface area contributed by atoms with Crippen molar-refractivity contribution in [3.63, 3.8) is 0 Å². The molecular weight excluding hydrogens is 324 g/mol. The molecule has 20 heavy (non-hydrogen) atoms. The summed E-state index contributed by atoms with van der Waals surface area (Å²) in [6.07, 6.45) is 0. The minimum atomic E-state index is -0.0501. The fourth-order valence-electron chi connectivity index (χ4n) is 1.74. The average Bonchev–Trinajstić information content (AvgIpc) is 2.49. The van der Waals surface area contributed by atoms with Gasteiger partial charge in [-0.3, -0.25) is 0 Å². The summed E-state index contributed by atoms with van der Waals surface area (Å²) in [4.78, 5) is 0. The molecule has 2 rings (SSSR count). The first kappa shape index (κ1) is 14.8. The van der Waals surface area contributed by atoms with Crippen LogP contribution in [-0.4, -0.2) is 17.3 Å². The highest BCUT2D eigenvalue weighted by Gasteiger charge is 2.09. The highest BCUT2D eigenvalue weighted by atomic mass is 79.9. The van der Waals surface area contributed by atoms with Gasteiger partial charge in [-0.25, -0.2) is 0 Å². The van der Waals surface area contributed by atoms with Crippen LogP contribution in [0.4, 0.5) is 0 Å². The zero-order valence-corrected chi connectivity index (χ0v) is 12.6. The summed E-state index contributed by atoms with van der Waals surface area (Å²) in [5.74, 6) is 1.73. The Morgan fingerprint density at radius 1 is 0.900 bits per heavy atom. The summed E-state index contributed by atoms with van der Waals surface area (Å²) in [6, 6.07) is 10.6. The normalized spacial score (nSPS) is 10.4. The van der Waals surface area contributed by atoms with Crippen molar-refractivity contribution in [1.29, 1.82) is 0 Å². The molecule has 0 saturated heterocycles. The second kappa shape index (κ2) is 6.74. The van der Waals surface area contributed by atoms with Crippen molar-refractivity contribution in [2.75, 3.05) is 7.11 Å². The number of aliphatic hydroxyl groups excluding tert-OH is 2. The monoisotopic (exact) mass is 338 g/mol. The number of rotatable bonds is 5. The molecule has 0 amide bonds. The number of benzene rings is 2. The summed E-state index contributed by atoms with van der Waals surface area (Å²) < 4.78 is 11.8. The van der Waals surface area contributed by atoms with Crippen LogP contribution in [0.2, 0.25) is 0 Å². The van der Waals surface area contributed by atoms with Gasteiger partial charge in [-0.15, -0.1) is 0 Å². The lowest BCUT2D eigenvalue weighted by atomic mass is 10.2. The molecule has 0 bridgehead atoms. The largest absolute Gasteiger partial charge is 0.493 e. The number of ether oxygens (including phenoxy) is 2. The van der Waals surface area contributed by atoms with Crippen molar-refractivity contribution in [1.82, 2.24) is 0 Å². The van der Waals surface area contributed by atoms with Crippen LogP contribution in [0.25, 0.3) is 0 Å². The van der Waals surface area contributed by atoms with E-state index in [4.69, 9.17) is 19.7 Å². The predicted octanol–water partition coefficient (Wildman–Crippen LogP) is 3.23. The number of methoxy groups -OCH3 is 1. The minimum Gasteiger partial charge on any atom is -0.493 e. The van der Waals surface area contributed by atoms with Crippen molar-refractivity contribution in [2.24, 2.45) is 0 Å². The van der Waals surface area contributed by atoms with E-state index in [9.17, 15) is 0 Å². The van der Waals surface area contributed by atoms with Crippen LogP contribution < -0.4 is 9.47 Å². The van der Waals surface area contributed by atoms with Gasteiger partial charge in [-0.05, 0) is 51.3 Å². The van der Waals surface area contributed by atoms with Gasteiger partial charge in [0.1, 0.15) is 5.75 Å². The topological polar surface area (TPSA) is 58.9 Å². The summed E-state index contributed by atoms with van der Waals surface area (Å²) in [5.41, 5.74) is 1.55. The van der Waals surface area contributed by atoms with Gasteiger partial charge in [0.05, 0.1) is 24.8 Å². The SMILES string of the molecule is COc1cc(CO)ccc1Oc1ccc(CO)cc1Br. The van der Waals surface area contributed by atoms with E-state index in [1.807, 2.05) is 0 Å². The quantitative estimate of drug-likeness (QED) is 0.878. The third kappa shape index (κ3) is 3.30. The van der Waals surface area contributed by atoms with E-state index in [-0.39, 0.29) is 13.2 Å². The fourth-order valence-corrected chi connectivity index (χ4v) is 2.25. The molecule has 0 radical (unpaired) electrons. The Kier molecular flexibility index (Phi) is 5.00. The first-order valence-corrected chi connectivity index (χ1v) is 6.82. The molecule has 0 aliphatic carbocycles. The number of hydrogen-bond acceptors (Lipinski definition) is 4. The van der Waals surface area contributed by atoms with Crippen LogP contribution in [0, 0.1) is 0 Å². The van der Waals surface area contributed by atoms with Gasteiger partial charge in [0.15, 0.2) is 11.5 Å². The van der Waals surface area contributed by atoms with Gasteiger partial charge >= 0.3 is 0 Å². The van der Waals surface area contributed by atoms with Crippen LogP contribution in [0.1, 0.15) is 11.1 Å². The van der Waals surface area contributed by atoms with E-state index in [2.05, 4.69) is 15.9 Å². The second-order valence-corrected chi connectivity index (χ2v) is 5.02. The molecule has 2 aromatic rings. The summed E-state index contributed by atoms with van der Waals surface area (Å²) >= 11 is 3.40. The Morgan fingerprint density at radius 3 is 2.05 bits per heavy atom. The van der Waals surface area contributed by atoms with E-state index < -0.39 is 0 Å². The molecule has 0 heterocycles. The summed E-state index contributed by atoms with van der Waals surface area (Å²) in [5, 5.41) is 18.2. The first-order chi connectivity index (χ1) is 9.67. The molecule has 106 valence electrons. The standard InChI is InChI=1S/C15H15BrO4/c1-19-15-7-11(9-18)3-5-14(15)20-13-4-2-10(8-17)6-12(13)16/h2-7,17-18H,8-9H2,1H3. The lowest BCUT2D eigenvalue weighted by Gasteiger charge is -2.13. The number of hydrogen-bond donors (Lipinski definition) is 2. The highest BCUT2D eigenvalue weighted by molar-refractivity contribution is 9.10. The molecule has 0 aromatic heterocycles. The third-order valence-electron chi connectivity index (χ3n) is 2.81. The van der Waals surface area contributed by atoms with Crippen molar-refractivity contribution in [3.05, 3.63) is 52.0 Å². The zero-order chi connectivity index (χ0) is 14.5. The maximum atomic E-state index is 9.11. The molecule has 4 nitrogen and oxygen atoms in total. The van der Waals surface area contributed by atoms with Gasteiger partial charge in [0.25, 0.3) is 0 Å². The molecule has 2 aromatic carbocycles. The van der Waals surface area contributed by atoms with E-state index >= 15 is 0 Å². The van der Waals surface area contributed by atoms with Gasteiger partial charge < -0.3 is 19.7 Å². The number of aliphatic hydroxyl groups is 2. The molecule has 0 aliphatic heterocycles. The van der Waals surface area contributed by atoms with Crippen LogP contribution >= 0.6 is 15.9 Å². The Labute approximate surface area is 125 Å². The lowest BCUT2D eigenvalue weighted by molar-refractivity contribution is 0.280. The van der Waals surface area contributed by atoms with Crippen molar-refractivity contribution >= 4 is 15.9 Å². The van der Waals surface area contributed by atoms with Gasteiger partial charge in [0.2, 0.25) is 0 Å². The number of halogens is 1. The maximum Gasteiger partial charge on any atom is 0.169 e. The summed E-state index contributed by atoms with van der Waals surface area (Å²) in [6.45, 7) is -0.0705. The van der Waals surface area contributed by atoms with E-state index in [1.54, 1.807) is 43.5 Å². The average molecular weight is 339 g/mol. The van der Waals surface area contributed by atoms with E-state index in [0.29, 0.717) is 17.2 Å². The van der Waals surface area contributed by atoms with Crippen molar-refractivity contribution in [2.45, 2.75) is 13.2 Å². The van der Waals surface area contributed by atoms with Gasteiger partial charge in [-0.2, -0.15) is 0 Å². The molecule has 2 N–H and O–H groups in total. The van der Waals surface area contributed by atoms with Crippen LogP contribution in [-0.2, 0) is 13.2 Å². The molecule has 0 spiro atoms. The molecule has 5 heteroatoms. The van der Waals surface area contributed by atoms with Crippen molar-refractivity contribution in [3.8, 4) is 17.2 Å². The molecule has 0 atom stereocenters. The van der Waals surface area contributed by atoms with Crippen LogP contribution in [0.5, 0.6) is 17.2 Å². The van der Waals surface area contributed by atoms with Crippen LogP contribution in [0.15, 0.2) is 40.9 Å². The molecule has 0 saturated carbocycles. The first-order valence-electron chi connectivity index (χ1n) is 6.03. The lowest BCUT2D eigenvalue weighted by Crippen LogP contribution is -1.94. The van der Waals surface area contributed by atoms with Crippen molar-refractivity contribution < 1.29 is 19.7 Å². The maximum absolute atomic E-state index is 9.11. The predicted molar refractivity (Wildman–Crippen MR) is 79.1 cm³/mol. The Hall–Kier alpha value is -1.56. The Balaban J connectivity index is 2.29. The molecule has 0 fully saturated rings. The molecular formula is C15H15BrO4. The van der Waals surface area contributed by atoms with E-state index in [0.717, 1.165) is 15.6 Å². The second-order valence-electron chi connectivity index (χ2n) is 4.17. The molecule has 0 aliphatic rings. The molecule has 0 unspecified atom stereocenters. The summed E-state index contributed by atoms with van der Waals surface area (Å²) in [7, 11) is 1.55. The third-order valence-corrected chi connectivity index (χ3v) is 3.43. The Morgan fingerprint density at radius 2 is 1.50 bits per heavy atom.